The van der Waals surface area contributed by atoms with Crippen molar-refractivity contribution in [2.45, 2.75) is 6.92 Å². The third kappa shape index (κ3) is 4.57. The number of nitro benzene ring substituents is 1. The van der Waals surface area contributed by atoms with Crippen LogP contribution >= 0.6 is 15.9 Å². The molecule has 0 spiro atoms. The molecule has 8 nitrogen and oxygen atoms in total. The number of para-hydroxylation sites is 1. The van der Waals surface area contributed by atoms with Gasteiger partial charge in [-0.25, -0.2) is 5.43 Å². The largest absolute Gasteiger partial charge is 0.492 e. The van der Waals surface area contributed by atoms with Crippen LogP contribution < -0.4 is 14.9 Å². The van der Waals surface area contributed by atoms with E-state index in [1.165, 1.54) is 31.5 Å². The molecule has 0 radical (unpaired) electrons. The van der Waals surface area contributed by atoms with E-state index in [2.05, 4.69) is 26.5 Å². The molecule has 0 heterocycles. The summed E-state index contributed by atoms with van der Waals surface area (Å²) in [5, 5.41) is 14.8. The molecule has 1 N–H and O–H groups in total. The average molecular weight is 422 g/mol. The minimum absolute atomic E-state index is 0.0689. The number of nitro groups is 1. The van der Waals surface area contributed by atoms with Crippen LogP contribution in [0, 0.1) is 10.1 Å². The molecule has 136 valence electrons. The van der Waals surface area contributed by atoms with Gasteiger partial charge in [0.05, 0.1) is 29.3 Å². The molecule has 0 bridgehead atoms. The van der Waals surface area contributed by atoms with Crippen LogP contribution in [0.2, 0.25) is 0 Å². The first kappa shape index (κ1) is 19.4. The average Bonchev–Trinajstić information content (AvgIpc) is 2.61. The molecular weight excluding hydrogens is 406 g/mol. The highest BCUT2D eigenvalue weighted by atomic mass is 79.9. The lowest BCUT2D eigenvalue weighted by atomic mass is 10.2. The number of benzene rings is 2. The van der Waals surface area contributed by atoms with Crippen LogP contribution in [0.3, 0.4) is 0 Å². The van der Waals surface area contributed by atoms with Crippen molar-refractivity contribution >= 4 is 33.7 Å². The number of halogens is 1. The monoisotopic (exact) mass is 421 g/mol. The van der Waals surface area contributed by atoms with Crippen molar-refractivity contribution in [2.24, 2.45) is 5.10 Å². The number of hydrogen-bond donors (Lipinski definition) is 1. The number of amides is 1. The summed E-state index contributed by atoms with van der Waals surface area (Å²) in [7, 11) is 1.53. The summed E-state index contributed by atoms with van der Waals surface area (Å²) in [5.41, 5.74) is 2.57. The molecule has 2 aromatic rings. The van der Waals surface area contributed by atoms with Gasteiger partial charge in [0.25, 0.3) is 11.6 Å². The highest BCUT2D eigenvalue weighted by Gasteiger charge is 2.18. The second kappa shape index (κ2) is 8.95. The van der Waals surface area contributed by atoms with Gasteiger partial charge in [0, 0.05) is 6.07 Å². The zero-order valence-electron chi connectivity index (χ0n) is 14.1. The lowest BCUT2D eigenvalue weighted by molar-refractivity contribution is -0.385. The van der Waals surface area contributed by atoms with Crippen LogP contribution in [-0.2, 0) is 0 Å². The summed E-state index contributed by atoms with van der Waals surface area (Å²) < 4.78 is 11.4. The number of hydrazone groups is 1. The lowest BCUT2D eigenvalue weighted by Gasteiger charge is -2.11. The first-order valence-electron chi connectivity index (χ1n) is 7.55. The fourth-order valence-corrected chi connectivity index (χ4v) is 2.80. The van der Waals surface area contributed by atoms with Gasteiger partial charge in [-0.15, -0.1) is 0 Å². The Bertz CT molecular complexity index is 854. The molecule has 9 heteroatoms. The molecule has 0 unspecified atom stereocenters. The van der Waals surface area contributed by atoms with Crippen LogP contribution in [-0.4, -0.2) is 30.8 Å². The van der Waals surface area contributed by atoms with E-state index < -0.39 is 10.8 Å². The fraction of sp³-hybridized carbons (Fsp3) is 0.176. The van der Waals surface area contributed by atoms with Crippen molar-refractivity contribution < 1.29 is 19.2 Å². The zero-order chi connectivity index (χ0) is 19.1. The molecule has 0 saturated heterocycles. The molecule has 2 rings (SSSR count). The number of nitrogens with zero attached hydrogens (tertiary/aromatic N) is 2. The summed E-state index contributed by atoms with van der Waals surface area (Å²) in [6, 6.07) is 9.09. The summed E-state index contributed by atoms with van der Waals surface area (Å²) in [4.78, 5) is 22.5. The number of ether oxygens (including phenoxy) is 2. The summed E-state index contributed by atoms with van der Waals surface area (Å²) in [6.45, 7) is 2.30. The smallest absolute Gasteiger partial charge is 0.282 e. The first-order valence-corrected chi connectivity index (χ1v) is 8.34. The van der Waals surface area contributed by atoms with Crippen molar-refractivity contribution in [1.29, 1.82) is 0 Å². The fourth-order valence-electron chi connectivity index (χ4n) is 2.17. The summed E-state index contributed by atoms with van der Waals surface area (Å²) >= 11 is 3.38. The van der Waals surface area contributed by atoms with Gasteiger partial charge in [0.2, 0.25) is 0 Å². The summed E-state index contributed by atoms with van der Waals surface area (Å²) in [6.07, 6.45) is 1.40. The quantitative estimate of drug-likeness (QED) is 0.418. The van der Waals surface area contributed by atoms with Crippen molar-refractivity contribution in [1.82, 2.24) is 5.43 Å². The van der Waals surface area contributed by atoms with Crippen LogP contribution in [0.5, 0.6) is 11.5 Å². The van der Waals surface area contributed by atoms with Gasteiger partial charge in [-0.1, -0.05) is 12.1 Å². The van der Waals surface area contributed by atoms with E-state index in [4.69, 9.17) is 9.47 Å². The Labute approximate surface area is 158 Å². The van der Waals surface area contributed by atoms with Gasteiger partial charge >= 0.3 is 0 Å². The number of hydrogen-bond acceptors (Lipinski definition) is 6. The molecule has 0 aliphatic rings. The normalized spacial score (nSPS) is 10.6. The maximum Gasteiger partial charge on any atom is 0.282 e. The van der Waals surface area contributed by atoms with Gasteiger partial charge in [0.15, 0.2) is 11.5 Å². The maximum atomic E-state index is 12.1. The molecule has 26 heavy (non-hydrogen) atoms. The van der Waals surface area contributed by atoms with Gasteiger partial charge in [-0.05, 0) is 46.6 Å². The molecule has 0 aliphatic heterocycles. The van der Waals surface area contributed by atoms with Crippen LogP contribution in [0.4, 0.5) is 5.69 Å². The van der Waals surface area contributed by atoms with Crippen LogP contribution in [0.1, 0.15) is 22.8 Å². The van der Waals surface area contributed by atoms with Gasteiger partial charge < -0.3 is 9.47 Å². The highest BCUT2D eigenvalue weighted by Crippen LogP contribution is 2.36. The van der Waals surface area contributed by atoms with E-state index in [0.29, 0.717) is 28.1 Å². The molecule has 0 aliphatic carbocycles. The predicted molar refractivity (Wildman–Crippen MR) is 100 cm³/mol. The number of nitrogens with one attached hydrogen (secondary N) is 1. The topological polar surface area (TPSA) is 103 Å². The standard InChI is InChI=1S/C17H16BrN3O5/c1-3-26-15-9-11(8-13(18)16(15)25-2)10-19-20-17(22)12-6-4-5-7-14(12)21(23)24/h4-10H,3H2,1-2H3,(H,20,22)/b19-10-. The Morgan fingerprint density at radius 3 is 2.77 bits per heavy atom. The van der Waals surface area contributed by atoms with E-state index in [1.807, 2.05) is 6.92 Å². The minimum atomic E-state index is -0.675. The van der Waals surface area contributed by atoms with Gasteiger partial charge in [0.1, 0.15) is 5.56 Å². The van der Waals surface area contributed by atoms with Crippen molar-refractivity contribution in [3.8, 4) is 11.5 Å². The second-order valence-corrected chi connectivity index (χ2v) is 5.79. The van der Waals surface area contributed by atoms with E-state index in [0.717, 1.165) is 0 Å². The van der Waals surface area contributed by atoms with E-state index in [1.54, 1.807) is 18.2 Å². The third-order valence-corrected chi connectivity index (χ3v) is 3.85. The lowest BCUT2D eigenvalue weighted by Crippen LogP contribution is -2.18. The Balaban J connectivity index is 2.18. The van der Waals surface area contributed by atoms with E-state index in [9.17, 15) is 14.9 Å². The zero-order valence-corrected chi connectivity index (χ0v) is 15.6. The SMILES string of the molecule is CCOc1cc(/C=N\NC(=O)c2ccccc2[N+](=O)[O-])cc(Br)c1OC. The molecule has 0 fully saturated rings. The molecule has 0 aromatic heterocycles. The molecular formula is C17H16BrN3O5. The Hall–Kier alpha value is -2.94. The van der Waals surface area contributed by atoms with Gasteiger partial charge in [-0.3, -0.25) is 14.9 Å². The Morgan fingerprint density at radius 1 is 1.38 bits per heavy atom. The van der Waals surface area contributed by atoms with Crippen LogP contribution in [0.25, 0.3) is 0 Å². The Kier molecular flexibility index (Phi) is 6.67. The van der Waals surface area contributed by atoms with Crippen LogP contribution in [0.15, 0.2) is 46.0 Å². The number of rotatable bonds is 7. The molecule has 2 aromatic carbocycles. The van der Waals surface area contributed by atoms with Gasteiger partial charge in [-0.2, -0.15) is 5.10 Å². The second-order valence-electron chi connectivity index (χ2n) is 4.94. The first-order chi connectivity index (χ1) is 12.5. The molecule has 0 atom stereocenters. The molecule has 0 saturated carbocycles. The van der Waals surface area contributed by atoms with E-state index in [-0.39, 0.29) is 11.3 Å². The van der Waals surface area contributed by atoms with E-state index >= 15 is 0 Å². The predicted octanol–water partition coefficient (Wildman–Crippen LogP) is 3.53. The number of carbonyl (C=O) groups is 1. The maximum absolute atomic E-state index is 12.1. The molecule has 1 amide bonds. The van der Waals surface area contributed by atoms with Crippen molar-refractivity contribution in [3.63, 3.8) is 0 Å². The third-order valence-electron chi connectivity index (χ3n) is 3.26. The minimum Gasteiger partial charge on any atom is -0.492 e. The Morgan fingerprint density at radius 2 is 2.12 bits per heavy atom. The number of carbonyl (C=O) groups excluding carboxylic acids is 1. The summed E-state index contributed by atoms with van der Waals surface area (Å²) in [5.74, 6) is 0.398. The highest BCUT2D eigenvalue weighted by molar-refractivity contribution is 9.10. The number of methoxy groups -OCH3 is 1. The van der Waals surface area contributed by atoms with Crippen molar-refractivity contribution in [2.75, 3.05) is 13.7 Å². The van der Waals surface area contributed by atoms with Crippen molar-refractivity contribution in [3.05, 3.63) is 62.1 Å².